The van der Waals surface area contributed by atoms with E-state index in [1.165, 1.54) is 66.2 Å². The van der Waals surface area contributed by atoms with Gasteiger partial charge in [0.05, 0.1) is 6.04 Å². The molecule has 1 aliphatic heterocycles. The molecule has 3 nitrogen and oxygen atoms in total. The maximum atomic E-state index is 6.64. The van der Waals surface area contributed by atoms with Gasteiger partial charge >= 0.3 is 0 Å². The van der Waals surface area contributed by atoms with Crippen LogP contribution in [0.3, 0.4) is 0 Å². The molecule has 0 bridgehead atoms. The molecule has 2 N–H and O–H groups in total. The lowest BCUT2D eigenvalue weighted by Crippen LogP contribution is -2.39. The van der Waals surface area contributed by atoms with Gasteiger partial charge in [-0.05, 0) is 91.0 Å². The molecule has 2 atom stereocenters. The van der Waals surface area contributed by atoms with Crippen LogP contribution in [-0.2, 0) is 5.41 Å². The van der Waals surface area contributed by atoms with Gasteiger partial charge in [-0.3, -0.25) is 5.32 Å². The lowest BCUT2D eigenvalue weighted by atomic mass is 9.81. The molecular weight excluding hydrogens is 657 g/mol. The van der Waals surface area contributed by atoms with E-state index < -0.39 is 0 Å². The van der Waals surface area contributed by atoms with Gasteiger partial charge in [0.15, 0.2) is 0 Å². The molecular formula is C51H38N2O. The van der Waals surface area contributed by atoms with E-state index in [1.807, 2.05) is 0 Å². The molecule has 0 fully saturated rings. The van der Waals surface area contributed by atoms with Gasteiger partial charge in [0.1, 0.15) is 17.3 Å². The fraction of sp³-hybridized carbons (Fsp3) is 0.0980. The molecule has 0 radical (unpaired) electrons. The summed E-state index contributed by atoms with van der Waals surface area (Å²) in [5, 5.41) is 15.1. The van der Waals surface area contributed by atoms with Crippen LogP contribution < -0.4 is 10.6 Å². The second-order valence-corrected chi connectivity index (χ2v) is 15.3. The summed E-state index contributed by atoms with van der Waals surface area (Å²) in [6.45, 7) is 4.74. The number of furan rings is 1. The molecule has 2 unspecified atom stereocenters. The molecule has 0 spiro atoms. The molecule has 9 aromatic rings. The molecule has 2 heterocycles. The third-order valence-corrected chi connectivity index (χ3v) is 11.9. The van der Waals surface area contributed by atoms with E-state index in [4.69, 9.17) is 4.42 Å². The topological polar surface area (TPSA) is 37.2 Å². The van der Waals surface area contributed by atoms with Crippen LogP contribution in [0.4, 0.5) is 0 Å². The quantitative estimate of drug-likeness (QED) is 0.193. The van der Waals surface area contributed by atoms with Crippen molar-refractivity contribution in [1.82, 2.24) is 10.6 Å². The van der Waals surface area contributed by atoms with Gasteiger partial charge in [-0.15, -0.1) is 0 Å². The molecule has 2 aliphatic rings. The summed E-state index contributed by atoms with van der Waals surface area (Å²) in [7, 11) is 0. The highest BCUT2D eigenvalue weighted by atomic mass is 16.3. The van der Waals surface area contributed by atoms with E-state index in [0.717, 1.165) is 33.0 Å². The summed E-state index contributed by atoms with van der Waals surface area (Å²) in [5.41, 5.74) is 14.3. The third-order valence-electron chi connectivity index (χ3n) is 11.9. The summed E-state index contributed by atoms with van der Waals surface area (Å²) in [6, 6.07) is 59.3. The zero-order valence-electron chi connectivity index (χ0n) is 30.2. The van der Waals surface area contributed by atoms with Crippen LogP contribution in [0.1, 0.15) is 53.9 Å². The SMILES string of the molecule is CC1(C)c2cc3ccccc3cc2-c2c(C3=CC(c4ccccc4-c4cccc5oc6c7ccccc7ccc6c45)NC(c4ccccc4)N3)cccc21. The molecule has 3 heteroatoms. The fourth-order valence-electron chi connectivity index (χ4n) is 9.30. The van der Waals surface area contributed by atoms with E-state index in [9.17, 15) is 0 Å². The summed E-state index contributed by atoms with van der Waals surface area (Å²) in [6.07, 6.45) is 2.30. The van der Waals surface area contributed by atoms with Gasteiger partial charge in [-0.2, -0.15) is 0 Å². The maximum absolute atomic E-state index is 6.64. The summed E-state index contributed by atoms with van der Waals surface area (Å²) in [4.78, 5) is 0. The molecule has 0 saturated carbocycles. The number of fused-ring (bicyclic) bond motifs is 9. The second kappa shape index (κ2) is 11.8. The standard InChI is InChI=1S/C51H38N2O/c1-51(2)42-24-12-23-39(47(42)41-28-33-17-6-7-18-34(33)29-43(41)51)45-30-44(52-50(53-45)32-15-4-3-5-16-32)37-21-11-10-20-36(37)38-22-13-25-46-48(38)40-27-26-31-14-8-9-19-35(31)49(40)54-46/h3-30,44,50,52-53H,1-2H3. The molecule has 11 rings (SSSR count). The molecule has 8 aromatic carbocycles. The molecule has 0 saturated heterocycles. The molecule has 0 amide bonds. The lowest BCUT2D eigenvalue weighted by Gasteiger charge is -2.34. The normalized spacial score (nSPS) is 17.4. The first-order valence-corrected chi connectivity index (χ1v) is 18.9. The van der Waals surface area contributed by atoms with Crippen molar-refractivity contribution in [3.63, 3.8) is 0 Å². The highest BCUT2D eigenvalue weighted by molar-refractivity contribution is 6.19. The Balaban J connectivity index is 1.11. The summed E-state index contributed by atoms with van der Waals surface area (Å²) in [5.74, 6) is 0. The Kier molecular flexibility index (Phi) is 6.80. The fourth-order valence-corrected chi connectivity index (χ4v) is 9.30. The van der Waals surface area contributed by atoms with Gasteiger partial charge in [-0.1, -0.05) is 153 Å². The first kappa shape index (κ1) is 31.1. The minimum Gasteiger partial charge on any atom is -0.455 e. The molecule has 1 aliphatic carbocycles. The predicted molar refractivity (Wildman–Crippen MR) is 224 cm³/mol. The number of rotatable bonds is 4. The smallest absolute Gasteiger partial charge is 0.143 e. The summed E-state index contributed by atoms with van der Waals surface area (Å²) >= 11 is 0. The van der Waals surface area contributed by atoms with Crippen LogP contribution in [0.2, 0.25) is 0 Å². The average Bonchev–Trinajstić information content (AvgIpc) is 3.72. The van der Waals surface area contributed by atoms with Crippen molar-refractivity contribution in [1.29, 1.82) is 0 Å². The predicted octanol–water partition coefficient (Wildman–Crippen LogP) is 12.8. The number of hydrogen-bond acceptors (Lipinski definition) is 3. The highest BCUT2D eigenvalue weighted by Crippen LogP contribution is 2.53. The largest absolute Gasteiger partial charge is 0.455 e. The van der Waals surface area contributed by atoms with Crippen LogP contribution in [0.25, 0.3) is 71.4 Å². The Hall–Kier alpha value is -6.42. The zero-order chi connectivity index (χ0) is 36.0. The monoisotopic (exact) mass is 694 g/mol. The molecule has 258 valence electrons. The van der Waals surface area contributed by atoms with Crippen molar-refractivity contribution in [3.05, 3.63) is 198 Å². The van der Waals surface area contributed by atoms with Gasteiger partial charge in [0, 0.05) is 32.8 Å². The maximum Gasteiger partial charge on any atom is 0.143 e. The van der Waals surface area contributed by atoms with Crippen LogP contribution in [0, 0.1) is 0 Å². The summed E-state index contributed by atoms with van der Waals surface area (Å²) < 4.78 is 6.64. The Bertz CT molecular complexity index is 2990. The lowest BCUT2D eigenvalue weighted by molar-refractivity contribution is 0.443. The minimum absolute atomic E-state index is 0.0850. The van der Waals surface area contributed by atoms with E-state index in [-0.39, 0.29) is 17.6 Å². The number of hydrogen-bond donors (Lipinski definition) is 2. The third kappa shape index (κ3) is 4.65. The van der Waals surface area contributed by atoms with Gasteiger partial charge < -0.3 is 9.73 Å². The van der Waals surface area contributed by atoms with E-state index in [2.05, 4.69) is 194 Å². The van der Waals surface area contributed by atoms with E-state index >= 15 is 0 Å². The second-order valence-electron chi connectivity index (χ2n) is 15.3. The van der Waals surface area contributed by atoms with Gasteiger partial charge in [0.25, 0.3) is 0 Å². The number of benzene rings is 8. The van der Waals surface area contributed by atoms with Crippen molar-refractivity contribution >= 4 is 49.2 Å². The van der Waals surface area contributed by atoms with Crippen LogP contribution in [0.5, 0.6) is 0 Å². The molecule has 1 aromatic heterocycles. The van der Waals surface area contributed by atoms with Crippen molar-refractivity contribution in [2.24, 2.45) is 0 Å². The highest BCUT2D eigenvalue weighted by Gasteiger charge is 2.38. The van der Waals surface area contributed by atoms with Crippen molar-refractivity contribution in [2.75, 3.05) is 0 Å². The first-order valence-electron chi connectivity index (χ1n) is 18.9. The Labute approximate surface area is 314 Å². The first-order chi connectivity index (χ1) is 26.5. The number of nitrogens with one attached hydrogen (secondary N) is 2. The van der Waals surface area contributed by atoms with Crippen molar-refractivity contribution in [3.8, 4) is 22.3 Å². The van der Waals surface area contributed by atoms with Crippen molar-refractivity contribution < 1.29 is 4.42 Å². The Morgan fingerprint density at radius 1 is 0.537 bits per heavy atom. The van der Waals surface area contributed by atoms with E-state index in [0.29, 0.717) is 0 Å². The minimum atomic E-state index is -0.125. The average molecular weight is 695 g/mol. The van der Waals surface area contributed by atoms with Gasteiger partial charge in [0.2, 0.25) is 0 Å². The zero-order valence-corrected chi connectivity index (χ0v) is 30.2. The van der Waals surface area contributed by atoms with E-state index in [1.54, 1.807) is 0 Å². The van der Waals surface area contributed by atoms with Gasteiger partial charge in [-0.25, -0.2) is 0 Å². The van der Waals surface area contributed by atoms with Crippen LogP contribution in [0.15, 0.2) is 174 Å². The molecule has 54 heavy (non-hydrogen) atoms. The van der Waals surface area contributed by atoms with Crippen molar-refractivity contribution in [2.45, 2.75) is 31.5 Å². The van der Waals surface area contributed by atoms with Crippen LogP contribution >= 0.6 is 0 Å². The Morgan fingerprint density at radius 2 is 1.24 bits per heavy atom. The van der Waals surface area contributed by atoms with Crippen LogP contribution in [-0.4, -0.2) is 0 Å². The Morgan fingerprint density at radius 3 is 2.11 bits per heavy atom.